The van der Waals surface area contributed by atoms with Gasteiger partial charge in [0.25, 0.3) is 5.91 Å². The average Bonchev–Trinajstić information content (AvgIpc) is 2.57. The molecule has 24 heavy (non-hydrogen) atoms. The fraction of sp³-hybridized carbons (Fsp3) is 0.235. The Kier molecular flexibility index (Phi) is 6.73. The first-order valence-electron chi connectivity index (χ1n) is 7.31. The highest BCUT2D eigenvalue weighted by atomic mass is 35.5. The summed E-state index contributed by atoms with van der Waals surface area (Å²) < 4.78 is 4.99. The van der Waals surface area contributed by atoms with Gasteiger partial charge in [-0.3, -0.25) is 4.79 Å². The number of benzene rings is 2. The summed E-state index contributed by atoms with van der Waals surface area (Å²) in [5.74, 6) is 0.329. The summed E-state index contributed by atoms with van der Waals surface area (Å²) in [5, 5.41) is 16.4. The van der Waals surface area contributed by atoms with Crippen molar-refractivity contribution in [2.24, 2.45) is 0 Å². The van der Waals surface area contributed by atoms with Crippen LogP contribution in [0.5, 0.6) is 11.5 Å². The number of hydrogen-bond acceptors (Lipinski definition) is 4. The van der Waals surface area contributed by atoms with Crippen LogP contribution in [0.3, 0.4) is 0 Å². The lowest BCUT2D eigenvalue weighted by atomic mass is 10.2. The average molecular weight is 369 g/mol. The molecule has 2 aromatic rings. The summed E-state index contributed by atoms with van der Waals surface area (Å²) in [6, 6.07) is 9.95. The third-order valence-corrected chi connectivity index (χ3v) is 4.08. The Bertz CT molecular complexity index is 723. The van der Waals surface area contributed by atoms with Gasteiger partial charge in [0.1, 0.15) is 0 Å². The van der Waals surface area contributed by atoms with Crippen LogP contribution in [0.2, 0.25) is 10.0 Å². The molecule has 0 saturated heterocycles. The summed E-state index contributed by atoms with van der Waals surface area (Å²) in [7, 11) is 1.50. The molecule has 3 N–H and O–H groups in total. The second kappa shape index (κ2) is 8.78. The van der Waals surface area contributed by atoms with Crippen molar-refractivity contribution in [1.29, 1.82) is 0 Å². The Labute approximate surface area is 150 Å². The molecular formula is C17H18Cl2N2O3. The van der Waals surface area contributed by atoms with Crippen molar-refractivity contribution in [2.75, 3.05) is 20.2 Å². The monoisotopic (exact) mass is 368 g/mol. The van der Waals surface area contributed by atoms with E-state index < -0.39 is 0 Å². The number of rotatable bonds is 7. The number of nitrogens with one attached hydrogen (secondary N) is 2. The van der Waals surface area contributed by atoms with Crippen molar-refractivity contribution in [1.82, 2.24) is 10.6 Å². The second-order valence-corrected chi connectivity index (χ2v) is 5.88. The van der Waals surface area contributed by atoms with Crippen LogP contribution in [0.25, 0.3) is 0 Å². The van der Waals surface area contributed by atoms with Gasteiger partial charge >= 0.3 is 0 Å². The molecule has 0 bridgehead atoms. The number of hydrogen-bond donors (Lipinski definition) is 3. The van der Waals surface area contributed by atoms with E-state index >= 15 is 0 Å². The van der Waals surface area contributed by atoms with Crippen LogP contribution in [0.15, 0.2) is 36.4 Å². The summed E-state index contributed by atoms with van der Waals surface area (Å²) in [6.45, 7) is 1.61. The van der Waals surface area contributed by atoms with Crippen LogP contribution in [0, 0.1) is 0 Å². The molecule has 0 atom stereocenters. The third kappa shape index (κ3) is 5.03. The number of phenols is 1. The molecule has 5 nitrogen and oxygen atoms in total. The normalized spacial score (nSPS) is 10.5. The van der Waals surface area contributed by atoms with E-state index in [4.69, 9.17) is 27.9 Å². The number of halogens is 2. The number of methoxy groups -OCH3 is 1. The molecule has 1 amide bonds. The van der Waals surface area contributed by atoms with Gasteiger partial charge in [-0.05, 0) is 35.9 Å². The van der Waals surface area contributed by atoms with Gasteiger partial charge in [0.2, 0.25) is 0 Å². The first-order valence-corrected chi connectivity index (χ1v) is 8.06. The van der Waals surface area contributed by atoms with E-state index in [2.05, 4.69) is 10.6 Å². The van der Waals surface area contributed by atoms with Gasteiger partial charge in [-0.25, -0.2) is 0 Å². The molecule has 0 aromatic heterocycles. The predicted molar refractivity (Wildman–Crippen MR) is 95.2 cm³/mol. The first kappa shape index (κ1) is 18.4. The summed E-state index contributed by atoms with van der Waals surface area (Å²) >= 11 is 11.7. The number of phenolic OH excluding ortho intramolecular Hbond substituents is 1. The Hall–Kier alpha value is -1.95. The van der Waals surface area contributed by atoms with Gasteiger partial charge in [-0.15, -0.1) is 0 Å². The highest BCUT2D eigenvalue weighted by molar-refractivity contribution is 6.42. The van der Waals surface area contributed by atoms with E-state index in [1.54, 1.807) is 24.3 Å². The lowest BCUT2D eigenvalue weighted by Crippen LogP contribution is -2.31. The molecule has 0 fully saturated rings. The predicted octanol–water partition coefficient (Wildman–Crippen LogP) is 3.23. The van der Waals surface area contributed by atoms with E-state index in [-0.39, 0.29) is 11.7 Å². The standard InChI is InChI=1S/C17H18Cl2N2O3/c1-24-16-5-2-11(8-15(16)22)10-20-6-7-21-17(23)12-3-4-13(18)14(19)9-12/h2-5,8-9,20,22H,6-7,10H2,1H3,(H,21,23). The lowest BCUT2D eigenvalue weighted by Gasteiger charge is -2.09. The van der Waals surface area contributed by atoms with Crippen LogP contribution in [0.1, 0.15) is 15.9 Å². The fourth-order valence-corrected chi connectivity index (χ4v) is 2.38. The molecular weight excluding hydrogens is 351 g/mol. The highest BCUT2D eigenvalue weighted by Crippen LogP contribution is 2.26. The zero-order chi connectivity index (χ0) is 17.5. The van der Waals surface area contributed by atoms with Crippen LogP contribution in [-0.4, -0.2) is 31.2 Å². The molecule has 0 aliphatic heterocycles. The van der Waals surface area contributed by atoms with Gasteiger partial charge in [0.05, 0.1) is 17.2 Å². The minimum atomic E-state index is -0.211. The molecule has 0 heterocycles. The maximum absolute atomic E-state index is 12.0. The van der Waals surface area contributed by atoms with E-state index in [0.29, 0.717) is 41.0 Å². The molecule has 0 spiro atoms. The van der Waals surface area contributed by atoms with Gasteiger partial charge in [0.15, 0.2) is 11.5 Å². The van der Waals surface area contributed by atoms with Crippen molar-refractivity contribution in [3.8, 4) is 11.5 Å². The molecule has 0 aliphatic carbocycles. The molecule has 0 unspecified atom stereocenters. The largest absolute Gasteiger partial charge is 0.504 e. The Morgan fingerprint density at radius 3 is 2.58 bits per heavy atom. The highest BCUT2D eigenvalue weighted by Gasteiger charge is 2.07. The van der Waals surface area contributed by atoms with Crippen molar-refractivity contribution < 1.29 is 14.6 Å². The SMILES string of the molecule is COc1ccc(CNCCNC(=O)c2ccc(Cl)c(Cl)c2)cc1O. The minimum absolute atomic E-state index is 0.102. The number of aromatic hydroxyl groups is 1. The molecule has 0 saturated carbocycles. The smallest absolute Gasteiger partial charge is 0.251 e. The summed E-state index contributed by atoms with van der Waals surface area (Å²) in [5.41, 5.74) is 1.38. The quantitative estimate of drug-likeness (QED) is 0.656. The lowest BCUT2D eigenvalue weighted by molar-refractivity contribution is 0.0954. The maximum atomic E-state index is 12.0. The molecule has 2 rings (SSSR count). The maximum Gasteiger partial charge on any atom is 0.251 e. The number of ether oxygens (including phenoxy) is 1. The van der Waals surface area contributed by atoms with E-state index in [9.17, 15) is 9.90 Å². The van der Waals surface area contributed by atoms with Crippen LogP contribution >= 0.6 is 23.2 Å². The van der Waals surface area contributed by atoms with Gasteiger partial charge in [-0.1, -0.05) is 29.3 Å². The van der Waals surface area contributed by atoms with Crippen molar-refractivity contribution >= 4 is 29.1 Å². The fourth-order valence-electron chi connectivity index (χ4n) is 2.08. The number of carbonyl (C=O) groups is 1. The van der Waals surface area contributed by atoms with Gasteiger partial charge < -0.3 is 20.5 Å². The molecule has 0 radical (unpaired) electrons. The molecule has 128 valence electrons. The minimum Gasteiger partial charge on any atom is -0.504 e. The zero-order valence-corrected chi connectivity index (χ0v) is 14.6. The topological polar surface area (TPSA) is 70.6 Å². The Morgan fingerprint density at radius 1 is 1.12 bits per heavy atom. The van der Waals surface area contributed by atoms with Crippen LogP contribution in [-0.2, 0) is 6.54 Å². The van der Waals surface area contributed by atoms with Gasteiger partial charge in [0, 0.05) is 25.2 Å². The zero-order valence-electron chi connectivity index (χ0n) is 13.1. The number of carbonyl (C=O) groups excluding carboxylic acids is 1. The Morgan fingerprint density at radius 2 is 1.92 bits per heavy atom. The Balaban J connectivity index is 1.73. The third-order valence-electron chi connectivity index (χ3n) is 3.34. The van der Waals surface area contributed by atoms with Crippen LogP contribution in [0.4, 0.5) is 0 Å². The van der Waals surface area contributed by atoms with E-state index in [1.165, 1.54) is 13.2 Å². The molecule has 0 aliphatic rings. The molecule has 7 heteroatoms. The van der Waals surface area contributed by atoms with Gasteiger partial charge in [-0.2, -0.15) is 0 Å². The van der Waals surface area contributed by atoms with Crippen LogP contribution < -0.4 is 15.4 Å². The van der Waals surface area contributed by atoms with Crippen molar-refractivity contribution in [3.05, 3.63) is 57.6 Å². The number of amides is 1. The summed E-state index contributed by atoms with van der Waals surface area (Å²) in [4.78, 5) is 12.0. The van der Waals surface area contributed by atoms with Crippen molar-refractivity contribution in [2.45, 2.75) is 6.54 Å². The summed E-state index contributed by atoms with van der Waals surface area (Å²) in [6.07, 6.45) is 0. The van der Waals surface area contributed by atoms with E-state index in [0.717, 1.165) is 5.56 Å². The first-order chi connectivity index (χ1) is 11.5. The van der Waals surface area contributed by atoms with E-state index in [1.807, 2.05) is 6.07 Å². The molecule has 2 aromatic carbocycles. The van der Waals surface area contributed by atoms with Crippen molar-refractivity contribution in [3.63, 3.8) is 0 Å². The second-order valence-electron chi connectivity index (χ2n) is 5.07.